The predicted molar refractivity (Wildman–Crippen MR) is 140 cm³/mol. The van der Waals surface area contributed by atoms with Crippen molar-refractivity contribution in [1.29, 1.82) is 0 Å². The summed E-state index contributed by atoms with van der Waals surface area (Å²) in [5.41, 5.74) is 3.26. The first kappa shape index (κ1) is 22.4. The fourth-order valence-electron chi connectivity index (χ4n) is 5.34. The average molecular weight is 500 g/mol. The Morgan fingerprint density at radius 1 is 0.972 bits per heavy atom. The van der Waals surface area contributed by atoms with Crippen molar-refractivity contribution < 1.29 is 14.3 Å². The van der Waals surface area contributed by atoms with Gasteiger partial charge in [-0.15, -0.1) is 11.3 Å². The number of para-hydroxylation sites is 1. The molecule has 0 saturated heterocycles. The Kier molecular flexibility index (Phi) is 5.53. The van der Waals surface area contributed by atoms with Crippen molar-refractivity contribution in [3.8, 4) is 17.2 Å². The molecule has 1 aliphatic heterocycles. The molecule has 2 aliphatic rings. The molecule has 7 nitrogen and oxygen atoms in total. The molecule has 36 heavy (non-hydrogen) atoms. The number of rotatable bonds is 5. The number of carbonyl (C=O) groups is 1. The average Bonchev–Trinajstić information content (AvgIpc) is 3.56. The highest BCUT2D eigenvalue weighted by molar-refractivity contribution is 7.10. The molecule has 0 saturated carbocycles. The molecule has 4 aromatic rings. The van der Waals surface area contributed by atoms with Gasteiger partial charge in [-0.1, -0.05) is 30.3 Å². The van der Waals surface area contributed by atoms with Gasteiger partial charge in [0.1, 0.15) is 17.3 Å². The summed E-state index contributed by atoms with van der Waals surface area (Å²) in [6, 6.07) is 19.0. The Balaban J connectivity index is 1.56. The largest absolute Gasteiger partial charge is 0.497 e. The van der Waals surface area contributed by atoms with Crippen molar-refractivity contribution in [1.82, 2.24) is 9.78 Å². The Labute approximate surface area is 212 Å². The fraction of sp³-hybridized carbons (Fsp3) is 0.214. The molecule has 2 N–H and O–H groups in total. The Morgan fingerprint density at radius 3 is 2.53 bits per heavy atom. The number of aromatic amines is 1. The van der Waals surface area contributed by atoms with Crippen LogP contribution in [0.2, 0.25) is 0 Å². The van der Waals surface area contributed by atoms with E-state index in [0.29, 0.717) is 41.3 Å². The molecule has 0 fully saturated rings. The number of Topliss-reactive ketones (excluding diaryl/α,β-unsaturated/α-hetero) is 1. The lowest BCUT2D eigenvalue weighted by Crippen LogP contribution is -2.32. The molecule has 8 heteroatoms. The van der Waals surface area contributed by atoms with Gasteiger partial charge < -0.3 is 14.8 Å². The molecule has 0 amide bonds. The van der Waals surface area contributed by atoms with Crippen LogP contribution in [0.3, 0.4) is 0 Å². The second-order valence-corrected chi connectivity index (χ2v) is 9.96. The number of ketones is 1. The van der Waals surface area contributed by atoms with Crippen molar-refractivity contribution in [2.75, 3.05) is 19.5 Å². The van der Waals surface area contributed by atoms with E-state index in [1.165, 1.54) is 9.56 Å². The lowest BCUT2D eigenvalue weighted by atomic mass is 9.73. The van der Waals surface area contributed by atoms with E-state index in [2.05, 4.69) is 16.5 Å². The molecule has 3 heterocycles. The number of aromatic nitrogens is 2. The summed E-state index contributed by atoms with van der Waals surface area (Å²) >= 11 is 1.67. The normalized spacial score (nSPS) is 18.9. The van der Waals surface area contributed by atoms with Crippen LogP contribution < -0.4 is 20.3 Å². The summed E-state index contributed by atoms with van der Waals surface area (Å²) < 4.78 is 12.7. The zero-order chi connectivity index (χ0) is 24.8. The van der Waals surface area contributed by atoms with Gasteiger partial charge in [-0.25, -0.2) is 4.68 Å². The first-order valence-electron chi connectivity index (χ1n) is 11.8. The van der Waals surface area contributed by atoms with Gasteiger partial charge in [0, 0.05) is 40.1 Å². The highest BCUT2D eigenvalue weighted by atomic mass is 32.1. The van der Waals surface area contributed by atoms with Crippen LogP contribution in [0.4, 0.5) is 5.82 Å². The number of nitrogens with one attached hydrogen (secondary N) is 2. The number of H-pyrrole nitrogens is 1. The molecule has 0 bridgehead atoms. The number of thiophene rings is 1. The van der Waals surface area contributed by atoms with Crippen molar-refractivity contribution in [2.24, 2.45) is 0 Å². The monoisotopic (exact) mass is 499 g/mol. The van der Waals surface area contributed by atoms with Crippen molar-refractivity contribution in [2.45, 2.75) is 24.7 Å². The van der Waals surface area contributed by atoms with Gasteiger partial charge >= 0.3 is 0 Å². The van der Waals surface area contributed by atoms with E-state index < -0.39 is 5.92 Å². The standard InChI is InChI=1S/C28H25N3O4S/c1-34-18-10-11-19(22(15-18)35-2)24-25-20(13-16(14-21(25)32)23-9-6-12-36-23)29-27-26(24)28(33)31(30-27)17-7-4-3-5-8-17/h3-12,15-16,24,29-30H,13-14H2,1-2H3/t16-,24-/m1/s1. The van der Waals surface area contributed by atoms with Crippen LogP contribution in [0.15, 0.2) is 82.1 Å². The molecule has 2 aromatic carbocycles. The molecule has 1 aliphatic carbocycles. The summed E-state index contributed by atoms with van der Waals surface area (Å²) in [4.78, 5) is 28.8. The van der Waals surface area contributed by atoms with E-state index in [9.17, 15) is 9.59 Å². The molecule has 0 radical (unpaired) electrons. The Morgan fingerprint density at radius 2 is 1.81 bits per heavy atom. The van der Waals surface area contributed by atoms with Crippen LogP contribution in [-0.4, -0.2) is 29.8 Å². The van der Waals surface area contributed by atoms with Gasteiger partial charge in [0.2, 0.25) is 0 Å². The fourth-order valence-corrected chi connectivity index (χ4v) is 6.17. The number of nitrogens with zero attached hydrogens (tertiary/aromatic N) is 1. The second-order valence-electron chi connectivity index (χ2n) is 8.98. The van der Waals surface area contributed by atoms with Crippen LogP contribution >= 0.6 is 11.3 Å². The maximum Gasteiger partial charge on any atom is 0.277 e. The number of carbonyl (C=O) groups excluding carboxylic acids is 1. The zero-order valence-corrected chi connectivity index (χ0v) is 20.7. The van der Waals surface area contributed by atoms with Crippen molar-refractivity contribution >= 4 is 22.9 Å². The molecule has 2 atom stereocenters. The van der Waals surface area contributed by atoms with Crippen LogP contribution in [0.5, 0.6) is 11.5 Å². The van der Waals surface area contributed by atoms with E-state index in [-0.39, 0.29) is 17.3 Å². The van der Waals surface area contributed by atoms with Gasteiger partial charge in [-0.2, -0.15) is 0 Å². The smallest absolute Gasteiger partial charge is 0.277 e. The number of benzene rings is 2. The molecular formula is C28H25N3O4S. The van der Waals surface area contributed by atoms with Crippen LogP contribution in [-0.2, 0) is 4.79 Å². The lowest BCUT2D eigenvalue weighted by molar-refractivity contribution is -0.116. The van der Waals surface area contributed by atoms with E-state index in [4.69, 9.17) is 9.47 Å². The quantitative estimate of drug-likeness (QED) is 0.394. The molecule has 0 unspecified atom stereocenters. The number of fused-ring (bicyclic) bond motifs is 1. The third-order valence-corrected chi connectivity index (χ3v) is 8.03. The lowest BCUT2D eigenvalue weighted by Gasteiger charge is -2.34. The summed E-state index contributed by atoms with van der Waals surface area (Å²) in [5, 5.41) is 8.73. The number of hydrogen-bond acceptors (Lipinski definition) is 6. The minimum absolute atomic E-state index is 0.0440. The molecule has 182 valence electrons. The van der Waals surface area contributed by atoms with Crippen molar-refractivity contribution in [3.63, 3.8) is 0 Å². The number of allylic oxidation sites excluding steroid dienone is 2. The van der Waals surface area contributed by atoms with Gasteiger partial charge in [-0.05, 0) is 36.1 Å². The Hall–Kier alpha value is -4.04. The maximum absolute atomic E-state index is 13.8. The zero-order valence-electron chi connectivity index (χ0n) is 19.9. The van der Waals surface area contributed by atoms with E-state index in [1.807, 2.05) is 53.9 Å². The SMILES string of the molecule is COc1ccc([C@@H]2C3=C(C[C@@H](c4cccs4)CC3=O)Nc3[nH]n(-c4ccccc4)c(=O)c32)c(OC)c1. The summed E-state index contributed by atoms with van der Waals surface area (Å²) in [6.45, 7) is 0. The summed E-state index contributed by atoms with van der Waals surface area (Å²) in [5.74, 6) is 1.39. The number of anilines is 1. The van der Waals surface area contributed by atoms with Crippen LogP contribution in [0.25, 0.3) is 5.69 Å². The van der Waals surface area contributed by atoms with Crippen molar-refractivity contribution in [3.05, 3.63) is 104 Å². The minimum atomic E-state index is -0.567. The third kappa shape index (κ3) is 3.56. The first-order valence-corrected chi connectivity index (χ1v) is 12.7. The third-order valence-electron chi connectivity index (χ3n) is 7.00. The molecule has 6 rings (SSSR count). The first-order chi connectivity index (χ1) is 17.6. The predicted octanol–water partition coefficient (Wildman–Crippen LogP) is 5.20. The molecule has 2 aromatic heterocycles. The van der Waals surface area contributed by atoms with Crippen LogP contribution in [0, 0.1) is 0 Å². The maximum atomic E-state index is 13.8. The number of methoxy groups -OCH3 is 2. The number of ether oxygens (including phenoxy) is 2. The molecular weight excluding hydrogens is 474 g/mol. The van der Waals surface area contributed by atoms with E-state index in [1.54, 1.807) is 31.6 Å². The van der Waals surface area contributed by atoms with E-state index >= 15 is 0 Å². The highest BCUT2D eigenvalue weighted by Crippen LogP contribution is 2.49. The topological polar surface area (TPSA) is 85.4 Å². The van der Waals surface area contributed by atoms with Gasteiger partial charge in [0.05, 0.1) is 31.4 Å². The van der Waals surface area contributed by atoms with Crippen LogP contribution in [0.1, 0.15) is 40.7 Å². The minimum Gasteiger partial charge on any atom is -0.497 e. The summed E-state index contributed by atoms with van der Waals surface area (Å²) in [6.07, 6.45) is 1.09. The van der Waals surface area contributed by atoms with Gasteiger partial charge in [0.25, 0.3) is 5.56 Å². The summed E-state index contributed by atoms with van der Waals surface area (Å²) in [7, 11) is 3.18. The van der Waals surface area contributed by atoms with E-state index in [0.717, 1.165) is 16.9 Å². The molecule has 0 spiro atoms. The Bertz CT molecular complexity index is 1530. The second kappa shape index (κ2) is 8.87. The van der Waals surface area contributed by atoms with Gasteiger partial charge in [-0.3, -0.25) is 14.7 Å². The highest BCUT2D eigenvalue weighted by Gasteiger charge is 2.42. The van der Waals surface area contributed by atoms with Gasteiger partial charge in [0.15, 0.2) is 5.78 Å². The number of hydrogen-bond donors (Lipinski definition) is 2.